The van der Waals surface area contributed by atoms with Crippen molar-refractivity contribution in [3.05, 3.63) is 53.1 Å². The molecule has 0 aliphatic heterocycles. The first-order valence-electron chi connectivity index (χ1n) is 8.24. The number of amides is 1. The minimum absolute atomic E-state index is 0.0943. The largest absolute Gasteiger partial charge is 0.353 e. The molecule has 1 aromatic carbocycles. The zero-order valence-electron chi connectivity index (χ0n) is 13.6. The van der Waals surface area contributed by atoms with Crippen molar-refractivity contribution >= 4 is 17.5 Å². The van der Waals surface area contributed by atoms with E-state index >= 15 is 0 Å². The van der Waals surface area contributed by atoms with Gasteiger partial charge in [-0.15, -0.1) is 0 Å². The SMILES string of the molecule is C[C@H](C(=O)NCC1(c2ccc(F)cc2)CCCC1)n1cc(Cl)cn1. The lowest BCUT2D eigenvalue weighted by molar-refractivity contribution is -0.124. The third-order valence-corrected chi connectivity index (χ3v) is 5.16. The number of rotatable bonds is 5. The molecule has 0 unspecified atom stereocenters. The summed E-state index contributed by atoms with van der Waals surface area (Å²) in [6, 6.07) is 6.23. The Morgan fingerprint density at radius 2 is 2.04 bits per heavy atom. The number of hydrogen-bond donors (Lipinski definition) is 1. The number of carbonyl (C=O) groups is 1. The van der Waals surface area contributed by atoms with E-state index in [9.17, 15) is 9.18 Å². The molecule has 4 nitrogen and oxygen atoms in total. The van der Waals surface area contributed by atoms with Crippen molar-refractivity contribution in [1.29, 1.82) is 0 Å². The molecule has 1 N–H and O–H groups in total. The molecule has 0 spiro atoms. The number of aromatic nitrogens is 2. The van der Waals surface area contributed by atoms with Crippen LogP contribution in [-0.2, 0) is 10.2 Å². The topological polar surface area (TPSA) is 46.9 Å². The Bertz CT molecular complexity index is 707. The maximum Gasteiger partial charge on any atom is 0.244 e. The van der Waals surface area contributed by atoms with Crippen LogP contribution in [0.2, 0.25) is 5.02 Å². The molecule has 1 atom stereocenters. The lowest BCUT2D eigenvalue weighted by atomic mass is 9.78. The minimum atomic E-state index is -0.427. The van der Waals surface area contributed by atoms with Crippen LogP contribution in [-0.4, -0.2) is 22.2 Å². The van der Waals surface area contributed by atoms with E-state index in [2.05, 4.69) is 10.4 Å². The Hall–Kier alpha value is -1.88. The van der Waals surface area contributed by atoms with E-state index in [1.54, 1.807) is 17.8 Å². The van der Waals surface area contributed by atoms with Gasteiger partial charge in [0.2, 0.25) is 5.91 Å². The second-order valence-electron chi connectivity index (χ2n) is 6.53. The van der Waals surface area contributed by atoms with Gasteiger partial charge in [-0.3, -0.25) is 9.48 Å². The van der Waals surface area contributed by atoms with E-state index in [1.807, 2.05) is 12.1 Å². The fourth-order valence-electron chi connectivity index (χ4n) is 3.47. The van der Waals surface area contributed by atoms with E-state index in [0.29, 0.717) is 11.6 Å². The van der Waals surface area contributed by atoms with Gasteiger partial charge in [-0.1, -0.05) is 36.6 Å². The van der Waals surface area contributed by atoms with Gasteiger partial charge in [0.05, 0.1) is 11.2 Å². The van der Waals surface area contributed by atoms with Gasteiger partial charge in [0.1, 0.15) is 11.9 Å². The van der Waals surface area contributed by atoms with Crippen molar-refractivity contribution in [3.63, 3.8) is 0 Å². The van der Waals surface area contributed by atoms with E-state index in [4.69, 9.17) is 11.6 Å². The molecular weight excluding hydrogens is 329 g/mol. The van der Waals surface area contributed by atoms with Crippen molar-refractivity contribution in [2.75, 3.05) is 6.54 Å². The van der Waals surface area contributed by atoms with Crippen LogP contribution in [0.1, 0.15) is 44.2 Å². The maximum absolute atomic E-state index is 13.2. The molecule has 0 radical (unpaired) electrons. The van der Waals surface area contributed by atoms with Gasteiger partial charge < -0.3 is 5.32 Å². The average Bonchev–Trinajstić information content (AvgIpc) is 3.22. The first kappa shape index (κ1) is 17.0. The smallest absolute Gasteiger partial charge is 0.244 e. The van der Waals surface area contributed by atoms with E-state index in [-0.39, 0.29) is 17.1 Å². The zero-order chi connectivity index (χ0) is 17.2. The van der Waals surface area contributed by atoms with Crippen LogP contribution in [0.25, 0.3) is 0 Å². The molecule has 2 aromatic rings. The molecule has 1 heterocycles. The van der Waals surface area contributed by atoms with Gasteiger partial charge in [0.15, 0.2) is 0 Å². The number of halogens is 2. The Balaban J connectivity index is 1.70. The van der Waals surface area contributed by atoms with Gasteiger partial charge in [-0.25, -0.2) is 4.39 Å². The Labute approximate surface area is 146 Å². The van der Waals surface area contributed by atoms with Crippen LogP contribution < -0.4 is 5.32 Å². The molecule has 1 fully saturated rings. The molecule has 1 saturated carbocycles. The number of carbonyl (C=O) groups excluding carboxylic acids is 1. The predicted octanol–water partition coefficient (Wildman–Crippen LogP) is 3.86. The molecule has 1 aromatic heterocycles. The van der Waals surface area contributed by atoms with E-state index < -0.39 is 6.04 Å². The minimum Gasteiger partial charge on any atom is -0.353 e. The zero-order valence-corrected chi connectivity index (χ0v) is 14.4. The summed E-state index contributed by atoms with van der Waals surface area (Å²) in [5, 5.41) is 7.64. The lowest BCUT2D eigenvalue weighted by Gasteiger charge is -2.30. The number of nitrogens with zero attached hydrogens (tertiary/aromatic N) is 2. The van der Waals surface area contributed by atoms with Gasteiger partial charge in [-0.05, 0) is 37.5 Å². The number of benzene rings is 1. The molecule has 3 rings (SSSR count). The summed E-state index contributed by atoms with van der Waals surface area (Å²) in [5.74, 6) is -0.330. The second-order valence-corrected chi connectivity index (χ2v) is 6.96. The highest BCUT2D eigenvalue weighted by Crippen LogP contribution is 2.40. The normalized spacial score (nSPS) is 17.6. The quantitative estimate of drug-likeness (QED) is 0.890. The summed E-state index contributed by atoms with van der Waals surface area (Å²) >= 11 is 5.86. The Kier molecular flexibility index (Phi) is 4.90. The van der Waals surface area contributed by atoms with E-state index in [0.717, 1.165) is 31.2 Å². The van der Waals surface area contributed by atoms with Crippen molar-refractivity contribution in [3.8, 4) is 0 Å². The fourth-order valence-corrected chi connectivity index (χ4v) is 3.62. The molecule has 1 aliphatic rings. The van der Waals surface area contributed by atoms with Crippen LogP contribution in [0, 0.1) is 5.82 Å². The van der Waals surface area contributed by atoms with Gasteiger partial charge in [0.25, 0.3) is 0 Å². The molecule has 1 aliphatic carbocycles. The lowest BCUT2D eigenvalue weighted by Crippen LogP contribution is -2.41. The highest BCUT2D eigenvalue weighted by Gasteiger charge is 2.36. The summed E-state index contributed by atoms with van der Waals surface area (Å²) in [5.41, 5.74) is 0.988. The van der Waals surface area contributed by atoms with Crippen molar-refractivity contribution in [2.45, 2.75) is 44.1 Å². The molecule has 24 heavy (non-hydrogen) atoms. The standard InChI is InChI=1S/C18H21ClFN3O/c1-13(23-11-15(19)10-22-23)17(24)21-12-18(8-2-3-9-18)14-4-6-16(20)7-5-14/h4-7,10-11,13H,2-3,8-9,12H2,1H3,(H,21,24)/t13-/m1/s1. The average molecular weight is 350 g/mol. The highest BCUT2D eigenvalue weighted by molar-refractivity contribution is 6.30. The first-order chi connectivity index (χ1) is 11.5. The summed E-state index contributed by atoms with van der Waals surface area (Å²) in [7, 11) is 0. The maximum atomic E-state index is 13.2. The molecule has 1 amide bonds. The van der Waals surface area contributed by atoms with Crippen LogP contribution in [0.3, 0.4) is 0 Å². The Morgan fingerprint density at radius 1 is 1.38 bits per heavy atom. The van der Waals surface area contributed by atoms with Crippen molar-refractivity contribution < 1.29 is 9.18 Å². The molecule has 0 bridgehead atoms. The van der Waals surface area contributed by atoms with Gasteiger partial charge >= 0.3 is 0 Å². The third-order valence-electron chi connectivity index (χ3n) is 4.96. The predicted molar refractivity (Wildman–Crippen MR) is 91.5 cm³/mol. The van der Waals surface area contributed by atoms with Crippen LogP contribution in [0.5, 0.6) is 0 Å². The van der Waals surface area contributed by atoms with Gasteiger partial charge in [0, 0.05) is 18.2 Å². The summed E-state index contributed by atoms with van der Waals surface area (Å²) in [6.07, 6.45) is 7.40. The molecular formula is C18H21ClFN3O. The number of nitrogens with one attached hydrogen (secondary N) is 1. The highest BCUT2D eigenvalue weighted by atomic mass is 35.5. The van der Waals surface area contributed by atoms with Gasteiger partial charge in [-0.2, -0.15) is 5.10 Å². The first-order valence-corrected chi connectivity index (χ1v) is 8.61. The molecule has 6 heteroatoms. The summed E-state index contributed by atoms with van der Waals surface area (Å²) in [4.78, 5) is 12.5. The van der Waals surface area contributed by atoms with Crippen LogP contribution in [0.15, 0.2) is 36.7 Å². The van der Waals surface area contributed by atoms with Crippen molar-refractivity contribution in [2.24, 2.45) is 0 Å². The summed E-state index contributed by atoms with van der Waals surface area (Å²) < 4.78 is 14.8. The summed E-state index contributed by atoms with van der Waals surface area (Å²) in [6.45, 7) is 2.34. The number of hydrogen-bond acceptors (Lipinski definition) is 2. The third kappa shape index (κ3) is 3.46. The van der Waals surface area contributed by atoms with E-state index in [1.165, 1.54) is 18.3 Å². The van der Waals surface area contributed by atoms with Crippen LogP contribution in [0.4, 0.5) is 4.39 Å². The second kappa shape index (κ2) is 6.93. The van der Waals surface area contributed by atoms with Crippen LogP contribution >= 0.6 is 11.6 Å². The van der Waals surface area contributed by atoms with Crippen molar-refractivity contribution in [1.82, 2.24) is 15.1 Å². The monoisotopic (exact) mass is 349 g/mol. The Morgan fingerprint density at radius 3 is 2.62 bits per heavy atom. The molecule has 0 saturated heterocycles. The molecule has 128 valence electrons. The fraction of sp³-hybridized carbons (Fsp3) is 0.444.